The zero-order valence-corrected chi connectivity index (χ0v) is 6.03. The van der Waals surface area contributed by atoms with Gasteiger partial charge in [0.25, 0.3) is 0 Å². The molecule has 0 bridgehead atoms. The van der Waals surface area contributed by atoms with E-state index in [9.17, 15) is 9.90 Å². The van der Waals surface area contributed by atoms with Gasteiger partial charge in [-0.3, -0.25) is 0 Å². The Morgan fingerprint density at radius 2 is 2.18 bits per heavy atom. The van der Waals surface area contributed by atoms with Gasteiger partial charge in [-0.25, -0.2) is 4.79 Å². The van der Waals surface area contributed by atoms with E-state index in [4.69, 9.17) is 9.47 Å². The number of carbonyl (C=O) groups excluding carboxylic acids is 1. The molecule has 2 rings (SSSR count). The first-order chi connectivity index (χ1) is 5.27. The highest BCUT2D eigenvalue weighted by molar-refractivity contribution is 5.62. The summed E-state index contributed by atoms with van der Waals surface area (Å²) in [6.45, 7) is 0. The van der Waals surface area contributed by atoms with Crippen molar-refractivity contribution < 1.29 is 19.4 Å². The van der Waals surface area contributed by atoms with E-state index in [-0.39, 0.29) is 6.10 Å². The summed E-state index contributed by atoms with van der Waals surface area (Å²) in [5, 5.41) is 9.34. The SMILES string of the molecule is O=C1O[C@H]2[C@@H](O)CCC[C@H]2O1. The van der Waals surface area contributed by atoms with Crippen LogP contribution in [-0.2, 0) is 9.47 Å². The van der Waals surface area contributed by atoms with E-state index in [1.54, 1.807) is 0 Å². The molecule has 1 aliphatic carbocycles. The quantitative estimate of drug-likeness (QED) is 0.519. The maximum atomic E-state index is 10.6. The molecule has 1 N–H and O–H groups in total. The summed E-state index contributed by atoms with van der Waals surface area (Å²) in [7, 11) is 0. The Hall–Kier alpha value is -0.770. The van der Waals surface area contributed by atoms with Crippen LogP contribution >= 0.6 is 0 Å². The van der Waals surface area contributed by atoms with E-state index >= 15 is 0 Å². The first-order valence-electron chi connectivity index (χ1n) is 3.83. The Morgan fingerprint density at radius 3 is 2.91 bits per heavy atom. The van der Waals surface area contributed by atoms with Crippen molar-refractivity contribution in [2.45, 2.75) is 37.6 Å². The summed E-state index contributed by atoms with van der Waals surface area (Å²) >= 11 is 0. The molecule has 11 heavy (non-hydrogen) atoms. The molecule has 0 spiro atoms. The van der Waals surface area contributed by atoms with E-state index < -0.39 is 18.4 Å². The van der Waals surface area contributed by atoms with Gasteiger partial charge in [0.15, 0.2) is 6.10 Å². The Kier molecular flexibility index (Phi) is 1.49. The van der Waals surface area contributed by atoms with E-state index in [0.717, 1.165) is 12.8 Å². The second kappa shape index (κ2) is 2.37. The van der Waals surface area contributed by atoms with E-state index in [2.05, 4.69) is 0 Å². The molecule has 3 atom stereocenters. The van der Waals surface area contributed by atoms with Gasteiger partial charge in [-0.1, -0.05) is 0 Å². The van der Waals surface area contributed by atoms with E-state index in [0.29, 0.717) is 6.42 Å². The van der Waals surface area contributed by atoms with Gasteiger partial charge < -0.3 is 14.6 Å². The molecule has 4 nitrogen and oxygen atoms in total. The highest BCUT2D eigenvalue weighted by Gasteiger charge is 2.43. The predicted molar refractivity (Wildman–Crippen MR) is 35.0 cm³/mol. The average molecular weight is 158 g/mol. The maximum absolute atomic E-state index is 10.6. The maximum Gasteiger partial charge on any atom is 0.509 e. The largest absolute Gasteiger partial charge is 0.509 e. The van der Waals surface area contributed by atoms with Crippen LogP contribution in [0.3, 0.4) is 0 Å². The average Bonchev–Trinajstić information content (AvgIpc) is 2.31. The van der Waals surface area contributed by atoms with Crippen LogP contribution in [0.25, 0.3) is 0 Å². The minimum atomic E-state index is -0.638. The zero-order valence-electron chi connectivity index (χ0n) is 6.03. The first-order valence-corrected chi connectivity index (χ1v) is 3.83. The number of carbonyl (C=O) groups is 1. The van der Waals surface area contributed by atoms with Gasteiger partial charge >= 0.3 is 6.16 Å². The summed E-state index contributed by atoms with van der Waals surface area (Å²) in [6, 6.07) is 0. The molecule has 1 saturated carbocycles. The highest BCUT2D eigenvalue weighted by atomic mass is 16.8. The third-order valence-corrected chi connectivity index (χ3v) is 2.21. The van der Waals surface area contributed by atoms with Gasteiger partial charge in [-0.05, 0) is 19.3 Å². The van der Waals surface area contributed by atoms with E-state index in [1.165, 1.54) is 0 Å². The second-order valence-electron chi connectivity index (χ2n) is 2.99. The van der Waals surface area contributed by atoms with Crippen LogP contribution in [0, 0.1) is 0 Å². The lowest BCUT2D eigenvalue weighted by molar-refractivity contribution is -0.0147. The fourth-order valence-electron chi connectivity index (χ4n) is 1.65. The molecule has 1 heterocycles. The summed E-state index contributed by atoms with van der Waals surface area (Å²) in [4.78, 5) is 10.6. The molecule has 62 valence electrons. The molecule has 2 aliphatic rings. The summed E-state index contributed by atoms with van der Waals surface area (Å²) in [6.07, 6.45) is 0.646. The van der Waals surface area contributed by atoms with Crippen molar-refractivity contribution in [1.82, 2.24) is 0 Å². The molecule has 0 amide bonds. The lowest BCUT2D eigenvalue weighted by Crippen LogP contribution is -2.38. The predicted octanol–water partition coefficient (Wildman–Crippen LogP) is 0.435. The molecule has 0 aromatic heterocycles. The molecule has 1 saturated heterocycles. The number of aliphatic hydroxyl groups excluding tert-OH is 1. The Bertz CT molecular complexity index is 179. The van der Waals surface area contributed by atoms with Gasteiger partial charge in [-0.15, -0.1) is 0 Å². The summed E-state index contributed by atoms with van der Waals surface area (Å²) in [5.74, 6) is 0. The van der Waals surface area contributed by atoms with Crippen LogP contribution in [0.4, 0.5) is 4.79 Å². The van der Waals surface area contributed by atoms with Crippen LogP contribution in [0.5, 0.6) is 0 Å². The van der Waals surface area contributed by atoms with Crippen LogP contribution in [0.15, 0.2) is 0 Å². The number of ether oxygens (including phenoxy) is 2. The number of rotatable bonds is 0. The second-order valence-corrected chi connectivity index (χ2v) is 2.99. The van der Waals surface area contributed by atoms with Crippen LogP contribution < -0.4 is 0 Å². The van der Waals surface area contributed by atoms with Gasteiger partial charge in [0, 0.05) is 0 Å². The molecular weight excluding hydrogens is 148 g/mol. The molecule has 2 fully saturated rings. The van der Waals surface area contributed by atoms with Crippen LogP contribution in [0.1, 0.15) is 19.3 Å². The molecule has 1 aliphatic heterocycles. The first kappa shape index (κ1) is 6.91. The molecule has 4 heteroatoms. The van der Waals surface area contributed by atoms with Gasteiger partial charge in [0.1, 0.15) is 6.10 Å². The Morgan fingerprint density at radius 1 is 1.36 bits per heavy atom. The van der Waals surface area contributed by atoms with Crippen molar-refractivity contribution in [3.63, 3.8) is 0 Å². The Labute approximate surface area is 64.1 Å². The minimum Gasteiger partial charge on any atom is -0.427 e. The van der Waals surface area contributed by atoms with Gasteiger partial charge in [0.2, 0.25) is 0 Å². The molecule has 0 radical (unpaired) electrons. The lowest BCUT2D eigenvalue weighted by atomic mass is 9.92. The third-order valence-electron chi connectivity index (χ3n) is 2.21. The monoisotopic (exact) mass is 158 g/mol. The summed E-state index contributed by atoms with van der Waals surface area (Å²) < 4.78 is 9.58. The standard InChI is InChI=1S/C7H10O4/c8-4-2-1-3-5-6(4)11-7(9)10-5/h4-6,8H,1-3H2/t4-,5+,6-/m0/s1. The van der Waals surface area contributed by atoms with Crippen LogP contribution in [0.2, 0.25) is 0 Å². The van der Waals surface area contributed by atoms with Gasteiger partial charge in [-0.2, -0.15) is 0 Å². The van der Waals surface area contributed by atoms with E-state index in [1.807, 2.05) is 0 Å². The minimum absolute atomic E-state index is 0.203. The van der Waals surface area contributed by atoms with Crippen molar-refractivity contribution in [3.8, 4) is 0 Å². The fourth-order valence-corrected chi connectivity index (χ4v) is 1.65. The summed E-state index contributed by atoms with van der Waals surface area (Å²) in [5.41, 5.74) is 0. The zero-order chi connectivity index (χ0) is 7.84. The third kappa shape index (κ3) is 1.07. The fraction of sp³-hybridized carbons (Fsp3) is 0.857. The molecule has 0 aromatic carbocycles. The number of hydrogen-bond acceptors (Lipinski definition) is 4. The van der Waals surface area contributed by atoms with Crippen molar-refractivity contribution in [2.24, 2.45) is 0 Å². The molecule has 0 unspecified atom stereocenters. The topological polar surface area (TPSA) is 55.8 Å². The van der Waals surface area contributed by atoms with Gasteiger partial charge in [0.05, 0.1) is 6.10 Å². The number of fused-ring (bicyclic) bond motifs is 1. The molecular formula is C7H10O4. The normalized spacial score (nSPS) is 42.6. The van der Waals surface area contributed by atoms with Crippen molar-refractivity contribution >= 4 is 6.16 Å². The highest BCUT2D eigenvalue weighted by Crippen LogP contribution is 2.29. The van der Waals surface area contributed by atoms with Crippen molar-refractivity contribution in [2.75, 3.05) is 0 Å². The lowest BCUT2D eigenvalue weighted by Gasteiger charge is -2.25. The van der Waals surface area contributed by atoms with Crippen LogP contribution in [-0.4, -0.2) is 29.6 Å². The Balaban J connectivity index is 2.09. The number of aliphatic hydroxyl groups is 1. The smallest absolute Gasteiger partial charge is 0.427 e. The van der Waals surface area contributed by atoms with Crippen molar-refractivity contribution in [3.05, 3.63) is 0 Å². The van der Waals surface area contributed by atoms with Crippen molar-refractivity contribution in [1.29, 1.82) is 0 Å². The molecule has 0 aromatic rings. The number of hydrogen-bond donors (Lipinski definition) is 1.